The van der Waals surface area contributed by atoms with E-state index < -0.39 is 0 Å². The molecule has 25 heavy (non-hydrogen) atoms. The molecule has 0 heterocycles. The molecule has 6 heteroatoms. The first-order valence-electron chi connectivity index (χ1n) is 8.14. The van der Waals surface area contributed by atoms with Crippen molar-refractivity contribution in [1.82, 2.24) is 10.6 Å². The van der Waals surface area contributed by atoms with Crippen LogP contribution in [0.1, 0.15) is 12.0 Å². The lowest BCUT2D eigenvalue weighted by Crippen LogP contribution is -2.38. The number of rotatable bonds is 7. The van der Waals surface area contributed by atoms with Crippen molar-refractivity contribution in [3.63, 3.8) is 0 Å². The molecule has 0 saturated carbocycles. The molecule has 2 N–H and O–H groups in total. The second-order valence-corrected chi connectivity index (χ2v) is 5.59. The first-order chi connectivity index (χ1) is 11.7. The smallest absolute Gasteiger partial charge is 0.191 e. The van der Waals surface area contributed by atoms with E-state index in [-0.39, 0.29) is 29.8 Å². The van der Waals surface area contributed by atoms with Gasteiger partial charge in [0.1, 0.15) is 5.82 Å². The number of hydrogen-bond acceptors (Lipinski definition) is 2. The second-order valence-electron chi connectivity index (χ2n) is 5.59. The molecule has 0 radical (unpaired) electrons. The molecule has 0 bridgehead atoms. The average Bonchev–Trinajstić information content (AvgIpc) is 2.63. The van der Waals surface area contributed by atoms with Crippen LogP contribution in [0.25, 0.3) is 0 Å². The number of anilines is 1. The first-order valence-corrected chi connectivity index (χ1v) is 8.14. The zero-order chi connectivity index (χ0) is 17.2. The second kappa shape index (κ2) is 11.7. The van der Waals surface area contributed by atoms with Gasteiger partial charge in [0.25, 0.3) is 0 Å². The van der Waals surface area contributed by atoms with E-state index in [2.05, 4.69) is 39.7 Å². The summed E-state index contributed by atoms with van der Waals surface area (Å²) in [5, 5.41) is 6.52. The molecule has 0 spiro atoms. The van der Waals surface area contributed by atoms with Crippen LogP contribution >= 0.6 is 24.0 Å². The molecule has 4 nitrogen and oxygen atoms in total. The maximum atomic E-state index is 12.9. The third-order valence-corrected chi connectivity index (χ3v) is 3.76. The highest BCUT2D eigenvalue weighted by Gasteiger charge is 2.01. The van der Waals surface area contributed by atoms with Gasteiger partial charge in [-0.3, -0.25) is 4.99 Å². The standard InChI is InChI=1S/C19H25FN4.HI/c1-21-19(23-15-16-9-11-17(20)12-10-16)22-13-6-14-24(2)18-7-4-3-5-8-18;/h3-5,7-12H,6,13-15H2,1-2H3,(H2,21,22,23);1H. The molecule has 0 aliphatic heterocycles. The Morgan fingerprint density at radius 3 is 2.36 bits per heavy atom. The van der Waals surface area contributed by atoms with Gasteiger partial charge in [-0.25, -0.2) is 4.39 Å². The predicted molar refractivity (Wildman–Crippen MR) is 114 cm³/mol. The largest absolute Gasteiger partial charge is 0.375 e. The average molecular weight is 456 g/mol. The van der Waals surface area contributed by atoms with E-state index in [0.717, 1.165) is 31.0 Å². The predicted octanol–water partition coefficient (Wildman–Crippen LogP) is 3.64. The fourth-order valence-corrected chi connectivity index (χ4v) is 2.34. The van der Waals surface area contributed by atoms with Crippen LogP contribution in [0.2, 0.25) is 0 Å². The number of nitrogens with zero attached hydrogens (tertiary/aromatic N) is 2. The molecule has 2 rings (SSSR count). The van der Waals surface area contributed by atoms with Crippen molar-refractivity contribution in [1.29, 1.82) is 0 Å². The Morgan fingerprint density at radius 1 is 1.04 bits per heavy atom. The molecule has 2 aromatic rings. The van der Waals surface area contributed by atoms with Crippen molar-refractivity contribution in [3.05, 3.63) is 66.0 Å². The summed E-state index contributed by atoms with van der Waals surface area (Å²) in [5.41, 5.74) is 2.24. The maximum absolute atomic E-state index is 12.9. The number of nitrogens with one attached hydrogen (secondary N) is 2. The van der Waals surface area contributed by atoms with Crippen LogP contribution in [-0.2, 0) is 6.54 Å². The van der Waals surface area contributed by atoms with Crippen molar-refractivity contribution < 1.29 is 4.39 Å². The highest BCUT2D eigenvalue weighted by atomic mass is 127. The zero-order valence-corrected chi connectivity index (χ0v) is 17.0. The van der Waals surface area contributed by atoms with Gasteiger partial charge in [0, 0.05) is 39.4 Å². The SMILES string of the molecule is CN=C(NCCCN(C)c1ccccc1)NCc1ccc(F)cc1.I. The van der Waals surface area contributed by atoms with Gasteiger partial charge in [-0.15, -0.1) is 24.0 Å². The van der Waals surface area contributed by atoms with Gasteiger partial charge >= 0.3 is 0 Å². The molecule has 0 fully saturated rings. The van der Waals surface area contributed by atoms with Crippen LogP contribution in [0.3, 0.4) is 0 Å². The topological polar surface area (TPSA) is 39.7 Å². The molecule has 0 atom stereocenters. The van der Waals surface area contributed by atoms with Gasteiger partial charge in [-0.05, 0) is 36.2 Å². The minimum Gasteiger partial charge on any atom is -0.375 e. The van der Waals surface area contributed by atoms with Gasteiger partial charge in [0.2, 0.25) is 0 Å². The minimum absolute atomic E-state index is 0. The summed E-state index contributed by atoms with van der Waals surface area (Å²) in [5.74, 6) is 0.533. The Morgan fingerprint density at radius 2 is 1.72 bits per heavy atom. The fraction of sp³-hybridized carbons (Fsp3) is 0.316. The van der Waals surface area contributed by atoms with E-state index in [1.54, 1.807) is 19.2 Å². The molecular weight excluding hydrogens is 430 g/mol. The third kappa shape index (κ3) is 7.72. The van der Waals surface area contributed by atoms with Crippen molar-refractivity contribution >= 4 is 35.6 Å². The Balaban J connectivity index is 0.00000312. The van der Waals surface area contributed by atoms with Crippen LogP contribution in [-0.4, -0.2) is 33.1 Å². The molecule has 0 aliphatic rings. The molecule has 0 saturated heterocycles. The van der Waals surface area contributed by atoms with E-state index in [1.165, 1.54) is 17.8 Å². The lowest BCUT2D eigenvalue weighted by molar-refractivity contribution is 0.626. The molecule has 2 aromatic carbocycles. The Labute approximate surface area is 166 Å². The van der Waals surface area contributed by atoms with Gasteiger partial charge in [0.05, 0.1) is 0 Å². The number of aliphatic imine (C=N–C) groups is 1. The van der Waals surface area contributed by atoms with Crippen LogP contribution in [0.4, 0.5) is 10.1 Å². The summed E-state index contributed by atoms with van der Waals surface area (Å²) in [6, 6.07) is 16.8. The van der Waals surface area contributed by atoms with Crippen LogP contribution in [0.15, 0.2) is 59.6 Å². The monoisotopic (exact) mass is 456 g/mol. The quantitative estimate of drug-likeness (QED) is 0.289. The van der Waals surface area contributed by atoms with E-state index in [4.69, 9.17) is 0 Å². The molecule has 136 valence electrons. The fourth-order valence-electron chi connectivity index (χ4n) is 2.34. The van der Waals surface area contributed by atoms with Crippen molar-refractivity contribution in [2.75, 3.05) is 32.1 Å². The van der Waals surface area contributed by atoms with Crippen LogP contribution in [0.5, 0.6) is 0 Å². The molecular formula is C19H26FIN4. The van der Waals surface area contributed by atoms with Crippen molar-refractivity contribution in [2.24, 2.45) is 4.99 Å². The van der Waals surface area contributed by atoms with Crippen molar-refractivity contribution in [2.45, 2.75) is 13.0 Å². The zero-order valence-electron chi connectivity index (χ0n) is 14.7. The van der Waals surface area contributed by atoms with Gasteiger partial charge in [-0.2, -0.15) is 0 Å². The highest BCUT2D eigenvalue weighted by Crippen LogP contribution is 2.10. The first kappa shape index (κ1) is 21.2. The Hall–Kier alpha value is -1.83. The molecule has 0 amide bonds. The lowest BCUT2D eigenvalue weighted by atomic mass is 10.2. The number of guanidine groups is 1. The summed E-state index contributed by atoms with van der Waals surface area (Å²) in [6.45, 7) is 2.41. The molecule has 0 unspecified atom stereocenters. The lowest BCUT2D eigenvalue weighted by Gasteiger charge is -2.19. The Bertz CT molecular complexity index is 632. The minimum atomic E-state index is -0.219. The number of hydrogen-bond donors (Lipinski definition) is 2. The van der Waals surface area contributed by atoms with Crippen LogP contribution < -0.4 is 15.5 Å². The van der Waals surface area contributed by atoms with Gasteiger partial charge in [-0.1, -0.05) is 30.3 Å². The summed E-state index contributed by atoms with van der Waals surface area (Å²) in [6.07, 6.45) is 1.00. The normalized spacial score (nSPS) is 10.8. The van der Waals surface area contributed by atoms with E-state index in [9.17, 15) is 4.39 Å². The van der Waals surface area contributed by atoms with Crippen LogP contribution in [0, 0.1) is 5.82 Å². The van der Waals surface area contributed by atoms with E-state index >= 15 is 0 Å². The van der Waals surface area contributed by atoms with Gasteiger partial charge in [0.15, 0.2) is 5.96 Å². The van der Waals surface area contributed by atoms with Gasteiger partial charge < -0.3 is 15.5 Å². The maximum Gasteiger partial charge on any atom is 0.191 e. The number of para-hydroxylation sites is 1. The summed E-state index contributed by atoms with van der Waals surface area (Å²) in [7, 11) is 3.84. The summed E-state index contributed by atoms with van der Waals surface area (Å²) >= 11 is 0. The molecule has 0 aliphatic carbocycles. The summed E-state index contributed by atoms with van der Waals surface area (Å²) in [4.78, 5) is 6.43. The number of halogens is 2. The van der Waals surface area contributed by atoms with Crippen molar-refractivity contribution in [3.8, 4) is 0 Å². The van der Waals surface area contributed by atoms with E-state index in [1.807, 2.05) is 18.2 Å². The molecule has 0 aromatic heterocycles. The Kier molecular flexibility index (Phi) is 9.91. The highest BCUT2D eigenvalue weighted by molar-refractivity contribution is 14.0. The number of benzene rings is 2. The third-order valence-electron chi connectivity index (χ3n) is 3.76. The van der Waals surface area contributed by atoms with E-state index in [0.29, 0.717) is 6.54 Å². The summed E-state index contributed by atoms with van der Waals surface area (Å²) < 4.78 is 12.9.